The molecule has 0 aliphatic carbocycles. The normalized spacial score (nSPS) is 11.7. The minimum Gasteiger partial charge on any atom is -0.495 e. The van der Waals surface area contributed by atoms with E-state index in [1.807, 2.05) is 0 Å². The van der Waals surface area contributed by atoms with Gasteiger partial charge in [0, 0.05) is 0 Å². The van der Waals surface area contributed by atoms with Gasteiger partial charge in [-0.3, -0.25) is 9.59 Å². The monoisotopic (exact) mass is 344 g/mol. The molecule has 0 heterocycles. The summed E-state index contributed by atoms with van der Waals surface area (Å²) in [4.78, 5) is 24.9. The van der Waals surface area contributed by atoms with Gasteiger partial charge in [-0.15, -0.1) is 0 Å². The molecule has 0 aliphatic heterocycles. The number of nitrogens with one attached hydrogen (secondary N) is 2. The highest BCUT2D eigenvalue weighted by Gasteiger charge is 2.26. The van der Waals surface area contributed by atoms with Crippen LogP contribution < -0.4 is 15.4 Å². The van der Waals surface area contributed by atoms with Crippen LogP contribution in [-0.4, -0.2) is 25.0 Å². The molecule has 0 saturated carbocycles. The number of carbonyl (C=O) groups is 2. The van der Waals surface area contributed by atoms with Crippen molar-refractivity contribution in [2.45, 2.75) is 19.9 Å². The maximum absolute atomic E-state index is 13.8. The Labute approximate surface area is 146 Å². The lowest BCUT2D eigenvalue weighted by molar-refractivity contribution is -0.118. The SMILES string of the molecule is COc1ccccc1NC(=O)C(NC(=O)c1ccccc1F)C(C)C. The molecule has 2 amide bonds. The van der Waals surface area contributed by atoms with Gasteiger partial charge in [-0.05, 0) is 30.2 Å². The number of carbonyl (C=O) groups excluding carboxylic acids is 2. The van der Waals surface area contributed by atoms with Crippen LogP contribution in [0.15, 0.2) is 48.5 Å². The van der Waals surface area contributed by atoms with E-state index in [1.54, 1.807) is 44.2 Å². The van der Waals surface area contributed by atoms with Crippen molar-refractivity contribution in [3.8, 4) is 5.75 Å². The largest absolute Gasteiger partial charge is 0.495 e. The van der Waals surface area contributed by atoms with Gasteiger partial charge in [0.25, 0.3) is 5.91 Å². The number of anilines is 1. The van der Waals surface area contributed by atoms with E-state index in [9.17, 15) is 14.0 Å². The highest BCUT2D eigenvalue weighted by atomic mass is 19.1. The first-order chi connectivity index (χ1) is 11.9. The molecular weight excluding hydrogens is 323 g/mol. The first-order valence-electron chi connectivity index (χ1n) is 7.93. The number of para-hydroxylation sites is 2. The van der Waals surface area contributed by atoms with Gasteiger partial charge >= 0.3 is 0 Å². The summed E-state index contributed by atoms with van der Waals surface area (Å²) in [5.74, 6) is -1.34. The Morgan fingerprint density at radius 1 is 1.04 bits per heavy atom. The minimum atomic E-state index is -0.822. The van der Waals surface area contributed by atoms with Crippen LogP contribution in [0.1, 0.15) is 24.2 Å². The molecule has 0 bridgehead atoms. The number of hydrogen-bond donors (Lipinski definition) is 2. The first kappa shape index (κ1) is 18.4. The highest BCUT2D eigenvalue weighted by Crippen LogP contribution is 2.23. The predicted octanol–water partition coefficient (Wildman–Crippen LogP) is 3.23. The van der Waals surface area contributed by atoms with Gasteiger partial charge in [-0.2, -0.15) is 0 Å². The molecule has 1 unspecified atom stereocenters. The fraction of sp³-hybridized carbons (Fsp3) is 0.263. The van der Waals surface area contributed by atoms with Crippen molar-refractivity contribution in [2.75, 3.05) is 12.4 Å². The van der Waals surface area contributed by atoms with Crippen LogP contribution in [0.3, 0.4) is 0 Å². The van der Waals surface area contributed by atoms with Gasteiger partial charge in [0.15, 0.2) is 0 Å². The maximum Gasteiger partial charge on any atom is 0.254 e. The lowest BCUT2D eigenvalue weighted by Gasteiger charge is -2.22. The molecule has 1 atom stereocenters. The van der Waals surface area contributed by atoms with E-state index < -0.39 is 23.7 Å². The lowest BCUT2D eigenvalue weighted by atomic mass is 10.0. The molecule has 2 aromatic carbocycles. The number of ether oxygens (including phenoxy) is 1. The summed E-state index contributed by atoms with van der Waals surface area (Å²) in [6.45, 7) is 3.60. The van der Waals surface area contributed by atoms with Crippen molar-refractivity contribution in [3.05, 3.63) is 59.9 Å². The fourth-order valence-corrected chi connectivity index (χ4v) is 2.36. The molecule has 5 nitrogen and oxygen atoms in total. The van der Waals surface area contributed by atoms with Crippen LogP contribution in [0.5, 0.6) is 5.75 Å². The summed E-state index contributed by atoms with van der Waals surface area (Å²) in [6.07, 6.45) is 0. The zero-order chi connectivity index (χ0) is 18.4. The van der Waals surface area contributed by atoms with Gasteiger partial charge in [0.1, 0.15) is 17.6 Å². The van der Waals surface area contributed by atoms with Crippen molar-refractivity contribution < 1.29 is 18.7 Å². The number of rotatable bonds is 6. The number of benzene rings is 2. The van der Waals surface area contributed by atoms with Crippen molar-refractivity contribution >= 4 is 17.5 Å². The van der Waals surface area contributed by atoms with E-state index >= 15 is 0 Å². The summed E-state index contributed by atoms with van der Waals surface area (Å²) in [5.41, 5.74) is 0.402. The number of methoxy groups -OCH3 is 1. The second-order valence-electron chi connectivity index (χ2n) is 5.86. The third-order valence-electron chi connectivity index (χ3n) is 3.72. The van der Waals surface area contributed by atoms with E-state index in [0.29, 0.717) is 11.4 Å². The molecule has 0 fully saturated rings. The molecule has 25 heavy (non-hydrogen) atoms. The molecular formula is C19H21FN2O3. The summed E-state index contributed by atoms with van der Waals surface area (Å²) < 4.78 is 19.0. The Morgan fingerprint density at radius 3 is 2.32 bits per heavy atom. The second-order valence-corrected chi connectivity index (χ2v) is 5.86. The molecule has 0 aromatic heterocycles. The lowest BCUT2D eigenvalue weighted by Crippen LogP contribution is -2.47. The maximum atomic E-state index is 13.8. The van der Waals surface area contributed by atoms with Crippen LogP contribution in [-0.2, 0) is 4.79 Å². The Hall–Kier alpha value is -2.89. The molecule has 2 rings (SSSR count). The van der Waals surface area contributed by atoms with Crippen molar-refractivity contribution in [1.29, 1.82) is 0 Å². The van der Waals surface area contributed by atoms with Gasteiger partial charge in [0.05, 0.1) is 18.4 Å². The molecule has 0 saturated heterocycles. The summed E-state index contributed by atoms with van der Waals surface area (Å²) >= 11 is 0. The Bertz CT molecular complexity index is 762. The van der Waals surface area contributed by atoms with Gasteiger partial charge in [-0.1, -0.05) is 38.1 Å². The van der Waals surface area contributed by atoms with E-state index in [4.69, 9.17) is 4.74 Å². The molecule has 2 N–H and O–H groups in total. The van der Waals surface area contributed by atoms with Crippen LogP contribution in [0.4, 0.5) is 10.1 Å². The van der Waals surface area contributed by atoms with Crippen molar-refractivity contribution in [1.82, 2.24) is 5.32 Å². The molecule has 132 valence electrons. The molecule has 2 aromatic rings. The number of halogens is 1. The quantitative estimate of drug-likeness (QED) is 0.845. The first-order valence-corrected chi connectivity index (χ1v) is 7.93. The number of amides is 2. The Kier molecular flexibility index (Phi) is 6.11. The Balaban J connectivity index is 2.16. The average Bonchev–Trinajstić information content (AvgIpc) is 2.60. The summed E-state index contributed by atoms with van der Waals surface area (Å²) in [7, 11) is 1.50. The number of hydrogen-bond acceptors (Lipinski definition) is 3. The van der Waals surface area contributed by atoms with Crippen molar-refractivity contribution in [2.24, 2.45) is 5.92 Å². The zero-order valence-electron chi connectivity index (χ0n) is 14.4. The van der Waals surface area contributed by atoms with E-state index in [2.05, 4.69) is 10.6 Å². The predicted molar refractivity (Wildman–Crippen MR) is 94.1 cm³/mol. The third kappa shape index (κ3) is 4.56. The zero-order valence-corrected chi connectivity index (χ0v) is 14.4. The molecule has 0 aliphatic rings. The molecule has 0 spiro atoms. The van der Waals surface area contributed by atoms with E-state index in [-0.39, 0.29) is 11.5 Å². The van der Waals surface area contributed by atoms with Crippen LogP contribution in [0.25, 0.3) is 0 Å². The Morgan fingerprint density at radius 2 is 1.68 bits per heavy atom. The summed E-state index contributed by atoms with van der Waals surface area (Å²) in [6, 6.07) is 11.8. The smallest absolute Gasteiger partial charge is 0.254 e. The van der Waals surface area contributed by atoms with E-state index in [1.165, 1.54) is 25.3 Å². The second kappa shape index (κ2) is 8.28. The van der Waals surface area contributed by atoms with Crippen LogP contribution >= 0.6 is 0 Å². The van der Waals surface area contributed by atoms with E-state index in [0.717, 1.165) is 0 Å². The highest BCUT2D eigenvalue weighted by molar-refractivity contribution is 6.01. The third-order valence-corrected chi connectivity index (χ3v) is 3.72. The average molecular weight is 344 g/mol. The standard InChI is InChI=1S/C19H21FN2O3/c1-12(2)17(22-18(23)13-8-4-5-9-14(13)20)19(24)21-15-10-6-7-11-16(15)25-3/h4-12,17H,1-3H3,(H,21,24)(H,22,23). The minimum absolute atomic E-state index is 0.0989. The summed E-state index contributed by atoms with van der Waals surface area (Å²) in [5, 5.41) is 5.34. The van der Waals surface area contributed by atoms with Crippen LogP contribution in [0, 0.1) is 11.7 Å². The van der Waals surface area contributed by atoms with Crippen LogP contribution in [0.2, 0.25) is 0 Å². The molecule has 0 radical (unpaired) electrons. The fourth-order valence-electron chi connectivity index (χ4n) is 2.36. The van der Waals surface area contributed by atoms with Gasteiger partial charge in [-0.25, -0.2) is 4.39 Å². The molecule has 6 heteroatoms. The topological polar surface area (TPSA) is 67.4 Å². The van der Waals surface area contributed by atoms with Gasteiger partial charge < -0.3 is 15.4 Å². The van der Waals surface area contributed by atoms with Gasteiger partial charge in [0.2, 0.25) is 5.91 Å². The van der Waals surface area contributed by atoms with Crippen molar-refractivity contribution in [3.63, 3.8) is 0 Å².